The van der Waals surface area contributed by atoms with Crippen LogP contribution >= 0.6 is 66.1 Å². The van der Waals surface area contributed by atoms with E-state index in [-0.39, 0.29) is 23.3 Å². The maximum Gasteiger partial charge on any atom is 0.256 e. The lowest BCUT2D eigenvalue weighted by Crippen LogP contribution is -2.04. The zero-order valence-electron chi connectivity index (χ0n) is 12.4. The molecule has 1 heterocycles. The maximum atomic E-state index is 12.4. The molecule has 0 unspecified atom stereocenters. The predicted molar refractivity (Wildman–Crippen MR) is 114 cm³/mol. The van der Waals surface area contributed by atoms with Gasteiger partial charge in [0.2, 0.25) is 0 Å². The summed E-state index contributed by atoms with van der Waals surface area (Å²) in [7, 11) is 0. The molecule has 1 aliphatic heterocycles. The molecule has 2 aromatic carbocycles. The van der Waals surface area contributed by atoms with Crippen LogP contribution < -0.4 is 5.32 Å². The molecule has 0 spiro atoms. The van der Waals surface area contributed by atoms with Crippen LogP contribution in [-0.4, -0.2) is 22.7 Å². The zero-order valence-corrected chi connectivity index (χ0v) is 18.5. The van der Waals surface area contributed by atoms with E-state index in [9.17, 15) is 14.7 Å². The molecule has 1 amide bonds. The zero-order chi connectivity index (χ0) is 18.3. The van der Waals surface area contributed by atoms with Gasteiger partial charge in [0.05, 0.1) is 20.5 Å². The quantitative estimate of drug-likeness (QED) is 0.215. The van der Waals surface area contributed by atoms with Crippen LogP contribution in [0.25, 0.3) is 11.6 Å². The number of halogens is 4. The lowest BCUT2D eigenvalue weighted by atomic mass is 10.0. The van der Waals surface area contributed by atoms with E-state index >= 15 is 0 Å². The Morgan fingerprint density at radius 2 is 1.88 bits per heavy atom. The summed E-state index contributed by atoms with van der Waals surface area (Å²) in [4.78, 5) is 24.3. The number of phenols is 1. The predicted octanol–water partition coefficient (Wildman–Crippen LogP) is 5.44. The first kappa shape index (κ1) is 18.9. The molecule has 1 aliphatic rings. The fourth-order valence-corrected chi connectivity index (χ4v) is 4.60. The molecule has 2 N–H and O–H groups in total. The minimum absolute atomic E-state index is 0.0861. The number of fused-ring (bicyclic) bond motifs is 1. The van der Waals surface area contributed by atoms with Crippen molar-refractivity contribution in [1.82, 2.24) is 0 Å². The number of Topliss-reactive ketones (excluding diaryl/α,β-unsaturated/α-hetero) is 1. The van der Waals surface area contributed by atoms with E-state index in [1.807, 2.05) is 0 Å². The Morgan fingerprint density at radius 3 is 2.48 bits per heavy atom. The standard InChI is InChI=1S/C17H9Br2ClINO3/c18-11-2-7(3-12(19)16(11)24)1-10-9-4-8(14(23)6-20)5-13(21)15(9)22-17(10)25/h1-5,24H,6H2,(H,22,25)/b10-1-. The molecular weight excluding hydrogens is 588 g/mol. The van der Waals surface area contributed by atoms with Crippen molar-refractivity contribution in [2.75, 3.05) is 11.2 Å². The van der Waals surface area contributed by atoms with Gasteiger partial charge < -0.3 is 10.4 Å². The Labute approximate surface area is 179 Å². The summed E-state index contributed by atoms with van der Waals surface area (Å²) in [5.41, 5.74) is 2.97. The van der Waals surface area contributed by atoms with Crippen molar-refractivity contribution in [3.05, 3.63) is 53.5 Å². The number of amides is 1. The highest BCUT2D eigenvalue weighted by molar-refractivity contribution is 14.1. The Morgan fingerprint density at radius 1 is 1.24 bits per heavy atom. The number of ketones is 1. The number of nitrogens with one attached hydrogen (secondary N) is 1. The third-order valence-corrected chi connectivity index (χ3v) is 5.96. The van der Waals surface area contributed by atoms with E-state index in [0.717, 1.165) is 9.13 Å². The largest absolute Gasteiger partial charge is 0.506 e. The number of phenolic OH excluding ortho intramolecular Hbond substituents is 1. The third-order valence-electron chi connectivity index (χ3n) is 3.66. The lowest BCUT2D eigenvalue weighted by Gasteiger charge is -2.06. The van der Waals surface area contributed by atoms with Crippen molar-refractivity contribution >= 4 is 95.1 Å². The van der Waals surface area contributed by atoms with Crippen molar-refractivity contribution in [2.24, 2.45) is 0 Å². The van der Waals surface area contributed by atoms with Crippen molar-refractivity contribution < 1.29 is 14.7 Å². The van der Waals surface area contributed by atoms with Gasteiger partial charge in [0.25, 0.3) is 5.91 Å². The normalized spacial score (nSPS) is 14.6. The molecule has 0 bridgehead atoms. The van der Waals surface area contributed by atoms with Crippen LogP contribution in [0.3, 0.4) is 0 Å². The summed E-state index contributed by atoms with van der Waals surface area (Å²) in [6, 6.07) is 6.80. The molecule has 3 rings (SSSR count). The van der Waals surface area contributed by atoms with Gasteiger partial charge in [0.15, 0.2) is 5.78 Å². The number of hydrogen-bond acceptors (Lipinski definition) is 3. The van der Waals surface area contributed by atoms with Gasteiger partial charge in [-0.25, -0.2) is 0 Å². The molecule has 2 aromatic rings. The lowest BCUT2D eigenvalue weighted by molar-refractivity contribution is -0.110. The summed E-state index contributed by atoms with van der Waals surface area (Å²) in [5, 5.41) is 12.6. The summed E-state index contributed by atoms with van der Waals surface area (Å²) >= 11 is 14.3. The van der Waals surface area contributed by atoms with Gasteiger partial charge in [-0.1, -0.05) is 0 Å². The number of alkyl halides is 1. The van der Waals surface area contributed by atoms with E-state index in [1.165, 1.54) is 0 Å². The molecule has 25 heavy (non-hydrogen) atoms. The minimum atomic E-state index is -0.247. The number of benzene rings is 2. The highest BCUT2D eigenvalue weighted by Gasteiger charge is 2.27. The smallest absolute Gasteiger partial charge is 0.256 e. The number of rotatable bonds is 3. The summed E-state index contributed by atoms with van der Waals surface area (Å²) < 4.78 is 1.79. The number of aromatic hydroxyl groups is 1. The molecule has 8 heteroatoms. The van der Waals surface area contributed by atoms with Crippen molar-refractivity contribution in [2.45, 2.75) is 0 Å². The molecule has 0 atom stereocenters. The van der Waals surface area contributed by atoms with Crippen LogP contribution in [0.5, 0.6) is 5.75 Å². The summed E-state index contributed by atoms with van der Waals surface area (Å²) in [6.45, 7) is 0. The Bertz CT molecular complexity index is 936. The van der Waals surface area contributed by atoms with Crippen molar-refractivity contribution in [3.8, 4) is 5.75 Å². The van der Waals surface area contributed by atoms with Gasteiger partial charge in [0.1, 0.15) is 5.75 Å². The van der Waals surface area contributed by atoms with Gasteiger partial charge in [-0.15, -0.1) is 11.6 Å². The molecular formula is C17H9Br2ClINO3. The first-order chi connectivity index (χ1) is 11.8. The van der Waals surface area contributed by atoms with Gasteiger partial charge >= 0.3 is 0 Å². The van der Waals surface area contributed by atoms with Crippen LogP contribution in [0.15, 0.2) is 33.2 Å². The molecule has 4 nitrogen and oxygen atoms in total. The summed E-state index contributed by atoms with van der Waals surface area (Å²) in [6.07, 6.45) is 1.71. The molecule has 128 valence electrons. The van der Waals surface area contributed by atoms with Gasteiger partial charge in [-0.3, -0.25) is 9.59 Å². The molecule has 0 radical (unpaired) electrons. The highest BCUT2D eigenvalue weighted by atomic mass is 127. The van der Waals surface area contributed by atoms with E-state index in [2.05, 4.69) is 59.8 Å². The highest BCUT2D eigenvalue weighted by Crippen LogP contribution is 2.39. The average molecular weight is 597 g/mol. The minimum Gasteiger partial charge on any atom is -0.506 e. The first-order valence-corrected chi connectivity index (χ1v) is 10.2. The monoisotopic (exact) mass is 595 g/mol. The fraction of sp³-hybridized carbons (Fsp3) is 0.0588. The Balaban J connectivity index is 2.16. The maximum absolute atomic E-state index is 12.4. The average Bonchev–Trinajstić information content (AvgIpc) is 2.88. The van der Waals surface area contributed by atoms with Gasteiger partial charge in [-0.05, 0) is 90.4 Å². The van der Waals surface area contributed by atoms with Crippen molar-refractivity contribution in [3.63, 3.8) is 0 Å². The van der Waals surface area contributed by atoms with E-state index in [0.29, 0.717) is 31.3 Å². The van der Waals surface area contributed by atoms with Gasteiger partial charge in [-0.2, -0.15) is 0 Å². The molecule has 0 saturated heterocycles. The molecule has 0 fully saturated rings. The van der Waals surface area contributed by atoms with Crippen LogP contribution in [-0.2, 0) is 4.79 Å². The molecule has 0 aromatic heterocycles. The number of anilines is 1. The second-order valence-corrected chi connectivity index (χ2v) is 8.42. The summed E-state index contributed by atoms with van der Waals surface area (Å²) in [5.74, 6) is -0.476. The van der Waals surface area contributed by atoms with E-state index < -0.39 is 0 Å². The van der Waals surface area contributed by atoms with E-state index in [1.54, 1.807) is 30.3 Å². The SMILES string of the molecule is O=C1Nc2c(I)cc(C(=O)CCl)cc2/C1=C/c1cc(Br)c(O)c(Br)c1. The van der Waals surface area contributed by atoms with Crippen LogP contribution in [0.1, 0.15) is 21.5 Å². The Hall–Kier alpha value is -0.900. The second-order valence-electron chi connectivity index (χ2n) is 5.28. The fourth-order valence-electron chi connectivity index (χ4n) is 2.47. The molecule has 0 saturated carbocycles. The van der Waals surface area contributed by atoms with Crippen LogP contribution in [0, 0.1) is 3.57 Å². The Kier molecular flexibility index (Phi) is 5.57. The topological polar surface area (TPSA) is 66.4 Å². The molecule has 0 aliphatic carbocycles. The van der Waals surface area contributed by atoms with Crippen LogP contribution in [0.4, 0.5) is 5.69 Å². The number of carbonyl (C=O) groups excluding carboxylic acids is 2. The first-order valence-electron chi connectivity index (χ1n) is 6.96. The third kappa shape index (κ3) is 3.65. The number of hydrogen-bond donors (Lipinski definition) is 2. The van der Waals surface area contributed by atoms with Crippen LogP contribution in [0.2, 0.25) is 0 Å². The second kappa shape index (κ2) is 7.38. The van der Waals surface area contributed by atoms with Crippen molar-refractivity contribution in [1.29, 1.82) is 0 Å². The number of carbonyl (C=O) groups is 2. The van der Waals surface area contributed by atoms with E-state index in [4.69, 9.17) is 11.6 Å². The van der Waals surface area contributed by atoms with Gasteiger partial charge in [0, 0.05) is 20.3 Å².